The van der Waals surface area contributed by atoms with Crippen molar-refractivity contribution in [1.82, 2.24) is 4.31 Å². The Morgan fingerprint density at radius 3 is 2.31 bits per heavy atom. The van der Waals surface area contributed by atoms with Gasteiger partial charge in [0.15, 0.2) is 0 Å². The molecule has 13 heavy (non-hydrogen) atoms. The number of rotatable bonds is 3. The summed E-state index contributed by atoms with van der Waals surface area (Å²) in [6.07, 6.45) is 5.45. The van der Waals surface area contributed by atoms with E-state index in [4.69, 9.17) is 11.6 Å². The summed E-state index contributed by atoms with van der Waals surface area (Å²) in [4.78, 5) is 0. The molecule has 1 aliphatic rings. The van der Waals surface area contributed by atoms with Crippen LogP contribution in [0, 0.1) is 0 Å². The maximum atomic E-state index is 11.4. The van der Waals surface area contributed by atoms with E-state index in [1.165, 1.54) is 10.7 Å². The number of alkyl halides is 1. The molecule has 78 valence electrons. The Morgan fingerprint density at radius 1 is 1.31 bits per heavy atom. The van der Waals surface area contributed by atoms with Crippen molar-refractivity contribution in [3.8, 4) is 0 Å². The molecule has 0 heterocycles. The number of nitrogens with zero attached hydrogens (tertiary/aromatic N) is 1. The maximum absolute atomic E-state index is 11.4. The molecule has 1 fully saturated rings. The Kier molecular flexibility index (Phi) is 4.01. The van der Waals surface area contributed by atoms with Crippen molar-refractivity contribution in [1.29, 1.82) is 0 Å². The van der Waals surface area contributed by atoms with Crippen LogP contribution in [0.4, 0.5) is 0 Å². The van der Waals surface area contributed by atoms with Gasteiger partial charge in [0.05, 0.1) is 0 Å². The fraction of sp³-hybridized carbons (Fsp3) is 1.00. The predicted molar refractivity (Wildman–Crippen MR) is 54.3 cm³/mol. The van der Waals surface area contributed by atoms with Crippen LogP contribution in [0.2, 0.25) is 0 Å². The molecule has 3 nitrogen and oxygen atoms in total. The highest BCUT2D eigenvalue weighted by Crippen LogP contribution is 2.23. The van der Waals surface area contributed by atoms with E-state index in [9.17, 15) is 8.42 Å². The highest BCUT2D eigenvalue weighted by Gasteiger charge is 2.26. The SMILES string of the molecule is CN(C1CCCCC1)S(=O)(=O)CCl. The van der Waals surface area contributed by atoms with Crippen LogP contribution in [0.25, 0.3) is 0 Å². The summed E-state index contributed by atoms with van der Waals surface area (Å²) >= 11 is 5.38. The number of hydrogen-bond donors (Lipinski definition) is 0. The van der Waals surface area contributed by atoms with Gasteiger partial charge in [-0.2, -0.15) is 0 Å². The van der Waals surface area contributed by atoms with Crippen LogP contribution in [-0.2, 0) is 10.0 Å². The van der Waals surface area contributed by atoms with E-state index < -0.39 is 10.0 Å². The Hall–Kier alpha value is 0.200. The lowest BCUT2D eigenvalue weighted by Crippen LogP contribution is -2.38. The standard InChI is InChI=1S/C8H16ClNO2S/c1-10(13(11,12)7-9)8-5-3-2-4-6-8/h8H,2-7H2,1H3. The molecule has 0 atom stereocenters. The van der Waals surface area contributed by atoms with Crippen molar-refractivity contribution in [2.45, 2.75) is 38.1 Å². The molecular weight excluding hydrogens is 210 g/mol. The van der Waals surface area contributed by atoms with Crippen LogP contribution in [-0.4, -0.2) is 31.0 Å². The van der Waals surface area contributed by atoms with Crippen LogP contribution in [0.3, 0.4) is 0 Å². The fourth-order valence-corrected chi connectivity index (χ4v) is 3.03. The third-order valence-electron chi connectivity index (χ3n) is 2.67. The average molecular weight is 226 g/mol. The van der Waals surface area contributed by atoms with Gasteiger partial charge in [-0.3, -0.25) is 0 Å². The van der Waals surface area contributed by atoms with Crippen molar-refractivity contribution in [2.24, 2.45) is 0 Å². The van der Waals surface area contributed by atoms with Crippen LogP contribution < -0.4 is 0 Å². The fourth-order valence-electron chi connectivity index (χ4n) is 1.75. The highest BCUT2D eigenvalue weighted by molar-refractivity contribution is 7.90. The van der Waals surface area contributed by atoms with Gasteiger partial charge in [-0.25, -0.2) is 12.7 Å². The second-order valence-electron chi connectivity index (χ2n) is 3.53. The summed E-state index contributed by atoms with van der Waals surface area (Å²) in [6.45, 7) is 0. The van der Waals surface area contributed by atoms with Gasteiger partial charge in [0.25, 0.3) is 0 Å². The molecule has 0 aromatic carbocycles. The average Bonchev–Trinajstić information content (AvgIpc) is 2.18. The molecular formula is C8H16ClNO2S. The second-order valence-corrected chi connectivity index (χ2v) is 6.14. The molecule has 0 spiro atoms. The Morgan fingerprint density at radius 2 is 1.85 bits per heavy atom. The first-order chi connectivity index (χ1) is 6.08. The third kappa shape index (κ3) is 2.82. The van der Waals surface area contributed by atoms with Crippen LogP contribution in [0.15, 0.2) is 0 Å². The Labute approximate surface area is 85.1 Å². The van der Waals surface area contributed by atoms with Gasteiger partial charge in [0, 0.05) is 13.1 Å². The zero-order chi connectivity index (χ0) is 9.90. The third-order valence-corrected chi connectivity index (χ3v) is 4.94. The van der Waals surface area contributed by atoms with Crippen molar-refractivity contribution in [3.05, 3.63) is 0 Å². The van der Waals surface area contributed by atoms with Gasteiger partial charge < -0.3 is 0 Å². The van der Waals surface area contributed by atoms with Crippen LogP contribution >= 0.6 is 11.6 Å². The first kappa shape index (κ1) is 11.3. The van der Waals surface area contributed by atoms with Crippen molar-refractivity contribution in [2.75, 3.05) is 12.3 Å². The molecule has 0 aromatic rings. The van der Waals surface area contributed by atoms with Crippen molar-refractivity contribution < 1.29 is 8.42 Å². The second kappa shape index (κ2) is 4.62. The van der Waals surface area contributed by atoms with Crippen molar-refractivity contribution in [3.63, 3.8) is 0 Å². The molecule has 0 unspecified atom stereocenters. The van der Waals surface area contributed by atoms with E-state index in [0.717, 1.165) is 25.7 Å². The van der Waals surface area contributed by atoms with Gasteiger partial charge >= 0.3 is 0 Å². The summed E-state index contributed by atoms with van der Waals surface area (Å²) in [5, 5.41) is -0.306. The minimum atomic E-state index is -3.20. The normalized spacial score (nSPS) is 20.8. The molecule has 0 aromatic heterocycles. The summed E-state index contributed by atoms with van der Waals surface area (Å²) in [5.41, 5.74) is 0. The van der Waals surface area contributed by atoms with E-state index in [2.05, 4.69) is 0 Å². The first-order valence-corrected chi connectivity index (χ1v) is 6.74. The number of hydrogen-bond acceptors (Lipinski definition) is 2. The quantitative estimate of drug-likeness (QED) is 0.687. The Balaban J connectivity index is 2.60. The minimum Gasteiger partial charge on any atom is -0.211 e. The monoisotopic (exact) mass is 225 g/mol. The molecule has 0 bridgehead atoms. The Bertz CT molecular complexity index is 247. The van der Waals surface area contributed by atoms with Gasteiger partial charge in [-0.05, 0) is 12.8 Å². The molecule has 1 saturated carbocycles. The largest absolute Gasteiger partial charge is 0.228 e. The van der Waals surface area contributed by atoms with E-state index in [1.54, 1.807) is 7.05 Å². The van der Waals surface area contributed by atoms with Crippen LogP contribution in [0.1, 0.15) is 32.1 Å². The van der Waals surface area contributed by atoms with Crippen molar-refractivity contribution >= 4 is 21.6 Å². The predicted octanol–water partition coefficient (Wildman–Crippen LogP) is 1.78. The zero-order valence-electron chi connectivity index (χ0n) is 7.87. The smallest absolute Gasteiger partial charge is 0.211 e. The summed E-state index contributed by atoms with van der Waals surface area (Å²) < 4.78 is 24.2. The maximum Gasteiger partial charge on any atom is 0.228 e. The molecule has 0 aliphatic heterocycles. The zero-order valence-corrected chi connectivity index (χ0v) is 9.44. The number of sulfonamides is 1. The molecule has 0 radical (unpaired) electrons. The minimum absolute atomic E-state index is 0.178. The molecule has 1 aliphatic carbocycles. The lowest BCUT2D eigenvalue weighted by Gasteiger charge is -2.29. The summed E-state index contributed by atoms with van der Waals surface area (Å²) in [6, 6.07) is 0.178. The van der Waals surface area contributed by atoms with Crippen LogP contribution in [0.5, 0.6) is 0 Å². The van der Waals surface area contributed by atoms with Gasteiger partial charge in [-0.1, -0.05) is 19.3 Å². The van der Waals surface area contributed by atoms with E-state index >= 15 is 0 Å². The lowest BCUT2D eigenvalue weighted by atomic mass is 9.96. The molecule has 0 N–H and O–H groups in total. The molecule has 1 rings (SSSR count). The van der Waals surface area contributed by atoms with E-state index in [0.29, 0.717) is 0 Å². The van der Waals surface area contributed by atoms with E-state index in [-0.39, 0.29) is 11.3 Å². The summed E-state index contributed by atoms with van der Waals surface area (Å²) in [7, 11) is -1.57. The van der Waals surface area contributed by atoms with Gasteiger partial charge in [-0.15, -0.1) is 11.6 Å². The van der Waals surface area contributed by atoms with Gasteiger partial charge in [0.2, 0.25) is 10.0 Å². The molecule has 0 amide bonds. The topological polar surface area (TPSA) is 37.4 Å². The highest BCUT2D eigenvalue weighted by atomic mass is 35.5. The summed E-state index contributed by atoms with van der Waals surface area (Å²) in [5.74, 6) is 0. The molecule has 0 saturated heterocycles. The van der Waals surface area contributed by atoms with E-state index in [1.807, 2.05) is 0 Å². The lowest BCUT2D eigenvalue weighted by molar-refractivity contribution is 0.287. The number of halogens is 1. The molecule has 5 heteroatoms. The van der Waals surface area contributed by atoms with Gasteiger partial charge in [0.1, 0.15) is 5.21 Å². The first-order valence-electron chi connectivity index (χ1n) is 4.59.